The van der Waals surface area contributed by atoms with Gasteiger partial charge in [-0.15, -0.1) is 11.8 Å². The molecule has 0 bridgehead atoms. The first-order valence-electron chi connectivity index (χ1n) is 11.4. The van der Waals surface area contributed by atoms with E-state index in [4.69, 9.17) is 0 Å². The van der Waals surface area contributed by atoms with Gasteiger partial charge in [0, 0.05) is 33.8 Å². The Labute approximate surface area is 193 Å². The minimum absolute atomic E-state index is 0.188. The molecule has 0 saturated heterocycles. The monoisotopic (exact) mass is 440 g/mol. The fourth-order valence-electron chi connectivity index (χ4n) is 5.29. The molecule has 2 unspecified atom stereocenters. The fourth-order valence-corrected chi connectivity index (χ4v) is 6.85. The molecule has 0 radical (unpaired) electrons. The molecule has 0 N–H and O–H groups in total. The third kappa shape index (κ3) is 3.34. The number of hydrogen-bond acceptors (Lipinski definition) is 1. The summed E-state index contributed by atoms with van der Waals surface area (Å²) >= 11 is 1.99. The Bertz CT molecular complexity index is 1290. The first kappa shape index (κ1) is 20.0. The molecule has 6 rings (SSSR count). The maximum atomic E-state index is 13.4. The van der Waals surface area contributed by atoms with E-state index in [9.17, 15) is 4.39 Å². The van der Waals surface area contributed by atoms with Gasteiger partial charge in [0.1, 0.15) is 5.82 Å². The van der Waals surface area contributed by atoms with E-state index in [1.54, 1.807) is 12.1 Å². The van der Waals surface area contributed by atoms with Crippen molar-refractivity contribution in [2.75, 3.05) is 0 Å². The summed E-state index contributed by atoms with van der Waals surface area (Å²) in [6.45, 7) is 7.86. The van der Waals surface area contributed by atoms with Crippen LogP contribution < -0.4 is 4.57 Å². The number of rotatable bonds is 2. The van der Waals surface area contributed by atoms with Crippen molar-refractivity contribution in [3.63, 3.8) is 0 Å². The molecule has 0 saturated carbocycles. The number of allylic oxidation sites excluding steroid dienone is 3. The predicted octanol–water partition coefficient (Wildman–Crippen LogP) is 6.94. The zero-order valence-electron chi connectivity index (χ0n) is 18.7. The maximum absolute atomic E-state index is 13.4. The van der Waals surface area contributed by atoms with Crippen LogP contribution in [-0.4, -0.2) is 5.25 Å². The highest BCUT2D eigenvalue weighted by atomic mass is 32.2. The van der Waals surface area contributed by atoms with Crippen LogP contribution in [-0.2, 0) is 13.0 Å². The topological polar surface area (TPSA) is 3.88 Å². The molecule has 2 aromatic carbocycles. The smallest absolute Gasteiger partial charge is 0.207 e. The maximum Gasteiger partial charge on any atom is 0.214 e. The number of nitrogens with zero attached hydrogens (tertiary/aromatic N) is 1. The van der Waals surface area contributed by atoms with Crippen LogP contribution in [0.4, 0.5) is 4.39 Å². The number of aromatic nitrogens is 1. The summed E-state index contributed by atoms with van der Waals surface area (Å²) in [5, 5.41) is 0.383. The molecule has 3 aliphatic rings. The minimum Gasteiger partial charge on any atom is -0.207 e. The summed E-state index contributed by atoms with van der Waals surface area (Å²) in [5.41, 5.74) is 9.61. The molecule has 3 aromatic rings. The Hall–Kier alpha value is -2.65. The van der Waals surface area contributed by atoms with Gasteiger partial charge in [-0.1, -0.05) is 63.3 Å². The standard InChI is InChI=1S/C29H27FNS/c1-29(2,3)16-18-12-13-31-17-21-7-11-24-23-10-6-20(19-4-8-22(30)9-5-19)15-26(23)32-28(24)27(21)25(31)14-18/h4-15,23,26H,16-17H2,1-3H3/q+1. The number of pyridine rings is 1. The molecule has 1 aromatic heterocycles. The van der Waals surface area contributed by atoms with Crippen LogP contribution >= 0.6 is 11.8 Å². The lowest BCUT2D eigenvalue weighted by molar-refractivity contribution is -0.672. The van der Waals surface area contributed by atoms with E-state index in [2.05, 4.69) is 74.0 Å². The van der Waals surface area contributed by atoms with Crippen LogP contribution in [0.25, 0.3) is 16.8 Å². The van der Waals surface area contributed by atoms with Gasteiger partial charge in [0.05, 0.1) is 5.56 Å². The summed E-state index contributed by atoms with van der Waals surface area (Å²) in [6, 6.07) is 16.2. The molecule has 32 heavy (non-hydrogen) atoms. The van der Waals surface area contributed by atoms with E-state index >= 15 is 0 Å². The Morgan fingerprint density at radius 2 is 1.88 bits per heavy atom. The zero-order chi connectivity index (χ0) is 22.0. The normalized spacial score (nSPS) is 20.4. The third-order valence-corrected chi connectivity index (χ3v) is 8.05. The summed E-state index contributed by atoms with van der Waals surface area (Å²) in [4.78, 5) is 1.44. The SMILES string of the molecule is CC(C)(C)Cc1cc[n+]2c(c1)-c1c(ccc3c1SC1C=C(c4ccc(F)cc4)C=CC31)C2. The molecule has 160 valence electrons. The van der Waals surface area contributed by atoms with Gasteiger partial charge < -0.3 is 0 Å². The molecule has 0 spiro atoms. The van der Waals surface area contributed by atoms with Crippen molar-refractivity contribution in [2.45, 2.75) is 49.8 Å². The Morgan fingerprint density at radius 1 is 1.06 bits per heavy atom. The summed E-state index contributed by atoms with van der Waals surface area (Å²) in [5.74, 6) is 0.212. The van der Waals surface area contributed by atoms with E-state index in [0.717, 1.165) is 18.5 Å². The molecule has 1 nitrogen and oxygen atoms in total. The fraction of sp³-hybridized carbons (Fsp3) is 0.276. The van der Waals surface area contributed by atoms with Crippen molar-refractivity contribution in [1.82, 2.24) is 0 Å². The first-order chi connectivity index (χ1) is 15.4. The molecule has 2 atom stereocenters. The largest absolute Gasteiger partial charge is 0.214 e. The van der Waals surface area contributed by atoms with Crippen molar-refractivity contribution in [2.24, 2.45) is 5.41 Å². The van der Waals surface area contributed by atoms with Crippen molar-refractivity contribution in [3.8, 4) is 11.3 Å². The van der Waals surface area contributed by atoms with Gasteiger partial charge in [-0.25, -0.2) is 4.39 Å². The van der Waals surface area contributed by atoms with Gasteiger partial charge >= 0.3 is 0 Å². The Kier molecular flexibility index (Phi) is 4.49. The van der Waals surface area contributed by atoms with Gasteiger partial charge in [-0.3, -0.25) is 0 Å². The van der Waals surface area contributed by atoms with Gasteiger partial charge in [-0.2, -0.15) is 4.57 Å². The Morgan fingerprint density at radius 3 is 2.66 bits per heavy atom. The molecular weight excluding hydrogens is 413 g/mol. The van der Waals surface area contributed by atoms with Crippen LogP contribution in [0, 0.1) is 11.2 Å². The van der Waals surface area contributed by atoms with E-state index in [-0.39, 0.29) is 11.2 Å². The van der Waals surface area contributed by atoms with Gasteiger partial charge in [-0.05, 0) is 46.2 Å². The Balaban J connectivity index is 1.38. The summed E-state index contributed by atoms with van der Waals surface area (Å²) in [6.07, 6.45) is 10.3. The molecule has 1 aliphatic carbocycles. The second-order valence-corrected chi connectivity index (χ2v) is 11.6. The summed E-state index contributed by atoms with van der Waals surface area (Å²) in [7, 11) is 0. The predicted molar refractivity (Wildman–Crippen MR) is 130 cm³/mol. The molecular formula is C29H27FNS+. The number of halogens is 1. The van der Waals surface area contributed by atoms with Crippen LogP contribution in [0.15, 0.2) is 77.9 Å². The van der Waals surface area contributed by atoms with Crippen molar-refractivity contribution < 1.29 is 8.96 Å². The second kappa shape index (κ2) is 7.18. The highest BCUT2D eigenvalue weighted by Crippen LogP contribution is 2.54. The number of thioether (sulfide) groups is 1. The second-order valence-electron chi connectivity index (χ2n) is 10.4. The van der Waals surface area contributed by atoms with E-state index in [1.165, 1.54) is 38.4 Å². The lowest BCUT2D eigenvalue weighted by Crippen LogP contribution is -2.32. The number of hydrogen-bond donors (Lipinski definition) is 0. The molecule has 3 heteroatoms. The van der Waals surface area contributed by atoms with Crippen LogP contribution in [0.5, 0.6) is 0 Å². The third-order valence-electron chi connectivity index (χ3n) is 6.68. The molecule has 3 heterocycles. The quantitative estimate of drug-likeness (QED) is 0.305. The van der Waals surface area contributed by atoms with Crippen molar-refractivity contribution in [3.05, 3.63) is 101 Å². The molecule has 0 amide bonds. The first-order valence-corrected chi connectivity index (χ1v) is 12.2. The van der Waals surface area contributed by atoms with Crippen molar-refractivity contribution >= 4 is 17.3 Å². The van der Waals surface area contributed by atoms with Crippen LogP contribution in [0.3, 0.4) is 0 Å². The number of benzene rings is 2. The van der Waals surface area contributed by atoms with Gasteiger partial charge in [0.2, 0.25) is 5.69 Å². The van der Waals surface area contributed by atoms with E-state index in [0.29, 0.717) is 11.2 Å². The molecule has 0 fully saturated rings. The van der Waals surface area contributed by atoms with Crippen LogP contribution in [0.1, 0.15) is 48.9 Å². The average molecular weight is 441 g/mol. The molecule has 2 aliphatic heterocycles. The lowest BCUT2D eigenvalue weighted by atomic mass is 9.86. The number of fused-ring (bicyclic) bond motifs is 7. The highest BCUT2D eigenvalue weighted by molar-refractivity contribution is 8.00. The van der Waals surface area contributed by atoms with Gasteiger partial charge in [0.25, 0.3) is 0 Å². The van der Waals surface area contributed by atoms with E-state index < -0.39 is 0 Å². The van der Waals surface area contributed by atoms with Gasteiger partial charge in [0.15, 0.2) is 12.7 Å². The zero-order valence-corrected chi connectivity index (χ0v) is 19.5. The van der Waals surface area contributed by atoms with Crippen LogP contribution in [0.2, 0.25) is 0 Å². The minimum atomic E-state index is -0.188. The lowest BCUT2D eigenvalue weighted by Gasteiger charge is -2.19. The highest BCUT2D eigenvalue weighted by Gasteiger charge is 2.39. The van der Waals surface area contributed by atoms with E-state index in [1.807, 2.05) is 23.9 Å². The summed E-state index contributed by atoms with van der Waals surface area (Å²) < 4.78 is 15.8. The van der Waals surface area contributed by atoms with Crippen molar-refractivity contribution in [1.29, 1.82) is 0 Å². The average Bonchev–Trinajstić information content (AvgIpc) is 3.30.